The molecule has 0 aliphatic carbocycles. The van der Waals surface area contributed by atoms with Crippen LogP contribution < -0.4 is 5.73 Å². The van der Waals surface area contributed by atoms with E-state index < -0.39 is 0 Å². The zero-order valence-corrected chi connectivity index (χ0v) is 12.3. The lowest BCUT2D eigenvalue weighted by atomic mass is 10.2. The summed E-state index contributed by atoms with van der Waals surface area (Å²) in [7, 11) is 1.70. The van der Waals surface area contributed by atoms with Gasteiger partial charge in [0.25, 0.3) is 0 Å². The monoisotopic (exact) mass is 284 g/mol. The summed E-state index contributed by atoms with van der Waals surface area (Å²) in [6.45, 7) is 2.26. The molecule has 1 aromatic rings. The maximum absolute atomic E-state index is 13.5. The van der Waals surface area contributed by atoms with Gasteiger partial charge in [0.15, 0.2) is 0 Å². The second-order valence-electron chi connectivity index (χ2n) is 4.66. The Morgan fingerprint density at radius 3 is 2.79 bits per heavy atom. The van der Waals surface area contributed by atoms with Crippen LogP contribution in [0.1, 0.15) is 18.9 Å². The Labute approximate surface area is 118 Å². The first-order valence-electron chi connectivity index (χ1n) is 6.31. The van der Waals surface area contributed by atoms with Crippen LogP contribution in [0.2, 0.25) is 0 Å². The summed E-state index contributed by atoms with van der Waals surface area (Å²) in [6.07, 6.45) is 0.898. The third-order valence-electron chi connectivity index (χ3n) is 2.73. The summed E-state index contributed by atoms with van der Waals surface area (Å²) < 4.78 is 13.5. The Morgan fingerprint density at radius 1 is 1.47 bits per heavy atom. The Hall–Kier alpha value is -1.07. The number of carbonyl (C=O) groups is 1. The minimum atomic E-state index is -0.272. The number of hydrogen-bond acceptors (Lipinski definition) is 3. The molecule has 3 nitrogen and oxygen atoms in total. The number of hydrogen-bond donors (Lipinski definition) is 1. The second-order valence-corrected chi connectivity index (χ2v) is 5.76. The van der Waals surface area contributed by atoms with Crippen LogP contribution in [0.5, 0.6) is 0 Å². The van der Waals surface area contributed by atoms with E-state index in [1.54, 1.807) is 41.9 Å². The molecule has 5 heteroatoms. The number of benzene rings is 1. The molecule has 106 valence electrons. The highest BCUT2D eigenvalue weighted by Gasteiger charge is 2.11. The van der Waals surface area contributed by atoms with Gasteiger partial charge in [-0.15, -0.1) is 0 Å². The van der Waals surface area contributed by atoms with Gasteiger partial charge in [0.2, 0.25) is 5.91 Å². The molecule has 1 atom stereocenters. The third-order valence-corrected chi connectivity index (χ3v) is 3.71. The van der Waals surface area contributed by atoms with E-state index in [9.17, 15) is 9.18 Å². The molecule has 1 aromatic carbocycles. The summed E-state index contributed by atoms with van der Waals surface area (Å²) in [5.41, 5.74) is 6.18. The van der Waals surface area contributed by atoms with Crippen molar-refractivity contribution in [2.45, 2.75) is 25.9 Å². The molecular formula is C14H21FN2OS. The van der Waals surface area contributed by atoms with E-state index in [1.165, 1.54) is 6.07 Å². The summed E-state index contributed by atoms with van der Waals surface area (Å²) in [5, 5.41) is 0. The third kappa shape index (κ3) is 6.07. The largest absolute Gasteiger partial charge is 0.341 e. The van der Waals surface area contributed by atoms with Gasteiger partial charge in [-0.3, -0.25) is 4.79 Å². The summed E-state index contributed by atoms with van der Waals surface area (Å²) in [4.78, 5) is 13.4. The summed E-state index contributed by atoms with van der Waals surface area (Å²) in [5.74, 6) is 1.03. The van der Waals surface area contributed by atoms with Crippen LogP contribution in [-0.4, -0.2) is 35.4 Å². The minimum absolute atomic E-state index is 0.0120. The van der Waals surface area contributed by atoms with E-state index in [0.717, 1.165) is 12.2 Å². The van der Waals surface area contributed by atoms with Gasteiger partial charge in [-0.2, -0.15) is 11.8 Å². The average molecular weight is 284 g/mol. The maximum Gasteiger partial charge on any atom is 0.232 e. The van der Waals surface area contributed by atoms with Crippen molar-refractivity contribution in [1.29, 1.82) is 0 Å². The molecule has 1 rings (SSSR count). The number of amides is 1. The molecule has 1 unspecified atom stereocenters. The van der Waals surface area contributed by atoms with E-state index >= 15 is 0 Å². The van der Waals surface area contributed by atoms with Gasteiger partial charge in [-0.1, -0.05) is 18.2 Å². The lowest BCUT2D eigenvalue weighted by Gasteiger charge is -2.17. The van der Waals surface area contributed by atoms with Crippen molar-refractivity contribution in [2.75, 3.05) is 18.6 Å². The van der Waals surface area contributed by atoms with Crippen molar-refractivity contribution in [3.05, 3.63) is 35.6 Å². The number of rotatable bonds is 7. The fourth-order valence-electron chi connectivity index (χ4n) is 1.51. The zero-order valence-electron chi connectivity index (χ0n) is 11.4. The molecule has 0 bridgehead atoms. The highest BCUT2D eigenvalue weighted by molar-refractivity contribution is 7.99. The Kier molecular flexibility index (Phi) is 6.87. The molecule has 0 aliphatic rings. The highest BCUT2D eigenvalue weighted by atomic mass is 32.2. The molecule has 0 fully saturated rings. The van der Waals surface area contributed by atoms with Gasteiger partial charge >= 0.3 is 0 Å². The molecule has 0 radical (unpaired) electrons. The number of carbonyl (C=O) groups excluding carboxylic acids is 1. The highest BCUT2D eigenvalue weighted by Crippen LogP contribution is 2.11. The molecule has 0 aromatic heterocycles. The lowest BCUT2D eigenvalue weighted by Crippen LogP contribution is -2.28. The van der Waals surface area contributed by atoms with Crippen LogP contribution in [0.25, 0.3) is 0 Å². The second kappa shape index (κ2) is 8.17. The minimum Gasteiger partial charge on any atom is -0.341 e. The lowest BCUT2D eigenvalue weighted by molar-refractivity contribution is -0.127. The van der Waals surface area contributed by atoms with Gasteiger partial charge in [0.1, 0.15) is 5.82 Å². The first kappa shape index (κ1) is 16.0. The van der Waals surface area contributed by atoms with Crippen molar-refractivity contribution < 1.29 is 9.18 Å². The fourth-order valence-corrected chi connectivity index (χ4v) is 2.59. The Balaban J connectivity index is 2.35. The smallest absolute Gasteiger partial charge is 0.232 e. The van der Waals surface area contributed by atoms with Crippen molar-refractivity contribution in [3.8, 4) is 0 Å². The van der Waals surface area contributed by atoms with E-state index in [2.05, 4.69) is 0 Å². The van der Waals surface area contributed by atoms with E-state index in [-0.39, 0.29) is 17.8 Å². The van der Waals surface area contributed by atoms with Crippen molar-refractivity contribution >= 4 is 17.7 Å². The van der Waals surface area contributed by atoms with Gasteiger partial charge in [-0.05, 0) is 25.2 Å². The zero-order chi connectivity index (χ0) is 14.3. The van der Waals surface area contributed by atoms with Gasteiger partial charge < -0.3 is 10.6 Å². The van der Waals surface area contributed by atoms with Crippen LogP contribution in [0.4, 0.5) is 4.39 Å². The SMILES string of the molecule is CC(N)CCSCC(=O)N(C)Cc1ccccc1F. The predicted octanol–water partition coefficient (Wildman–Crippen LogP) is 2.25. The normalized spacial score (nSPS) is 12.2. The van der Waals surface area contributed by atoms with Gasteiger partial charge in [0, 0.05) is 25.2 Å². The maximum atomic E-state index is 13.5. The molecule has 1 amide bonds. The number of nitrogens with two attached hydrogens (primary N) is 1. The van der Waals surface area contributed by atoms with Gasteiger partial charge in [-0.25, -0.2) is 4.39 Å². The standard InChI is InChI=1S/C14H21FN2OS/c1-11(16)7-8-19-10-14(18)17(2)9-12-5-3-4-6-13(12)15/h3-6,11H,7-10,16H2,1-2H3. The van der Waals surface area contributed by atoms with Crippen molar-refractivity contribution in [1.82, 2.24) is 4.90 Å². The first-order chi connectivity index (χ1) is 9.00. The summed E-state index contributed by atoms with van der Waals surface area (Å²) >= 11 is 1.57. The number of halogens is 1. The van der Waals surface area contributed by atoms with Gasteiger partial charge in [0.05, 0.1) is 5.75 Å². The molecular weight excluding hydrogens is 263 g/mol. The van der Waals surface area contributed by atoms with E-state index in [4.69, 9.17) is 5.73 Å². The Bertz CT molecular complexity index is 412. The van der Waals surface area contributed by atoms with Crippen LogP contribution in [0.15, 0.2) is 24.3 Å². The fraction of sp³-hybridized carbons (Fsp3) is 0.500. The average Bonchev–Trinajstić information content (AvgIpc) is 2.36. The number of nitrogens with zero attached hydrogens (tertiary/aromatic N) is 1. The molecule has 0 heterocycles. The van der Waals surface area contributed by atoms with Crippen LogP contribution >= 0.6 is 11.8 Å². The topological polar surface area (TPSA) is 46.3 Å². The predicted molar refractivity (Wildman–Crippen MR) is 78.5 cm³/mol. The molecule has 0 saturated heterocycles. The van der Waals surface area contributed by atoms with Crippen molar-refractivity contribution in [2.24, 2.45) is 5.73 Å². The molecule has 0 spiro atoms. The Morgan fingerprint density at radius 2 is 2.16 bits per heavy atom. The molecule has 2 N–H and O–H groups in total. The van der Waals surface area contributed by atoms with Crippen LogP contribution in [0.3, 0.4) is 0 Å². The van der Waals surface area contributed by atoms with Crippen LogP contribution in [0, 0.1) is 5.82 Å². The molecule has 19 heavy (non-hydrogen) atoms. The number of thioether (sulfide) groups is 1. The van der Waals surface area contributed by atoms with Crippen LogP contribution in [-0.2, 0) is 11.3 Å². The quantitative estimate of drug-likeness (QED) is 0.781. The van der Waals surface area contributed by atoms with E-state index in [1.807, 2.05) is 6.92 Å². The summed E-state index contributed by atoms with van der Waals surface area (Å²) in [6, 6.07) is 6.69. The van der Waals surface area contributed by atoms with Crippen molar-refractivity contribution in [3.63, 3.8) is 0 Å². The van der Waals surface area contributed by atoms with E-state index in [0.29, 0.717) is 17.9 Å². The first-order valence-corrected chi connectivity index (χ1v) is 7.47. The molecule has 0 saturated carbocycles. The molecule has 0 aliphatic heterocycles.